The number of hydrogen-bond acceptors (Lipinski definition) is 4. The van der Waals surface area contributed by atoms with Crippen LogP contribution in [-0.2, 0) is 23.3 Å². The molecule has 2 N–H and O–H groups in total. The van der Waals surface area contributed by atoms with Gasteiger partial charge in [-0.15, -0.1) is 23.7 Å². The van der Waals surface area contributed by atoms with Crippen LogP contribution in [0.4, 0.5) is 0 Å². The maximum Gasteiger partial charge on any atom is 0.0850 e. The molecule has 1 aliphatic rings. The van der Waals surface area contributed by atoms with Crippen molar-refractivity contribution in [2.75, 3.05) is 6.54 Å². The molecule has 1 aromatic heterocycles. The van der Waals surface area contributed by atoms with Crippen molar-refractivity contribution in [1.82, 2.24) is 4.90 Å². The maximum atomic E-state index is 11.9. The van der Waals surface area contributed by atoms with Crippen LogP contribution in [0.3, 0.4) is 0 Å². The Morgan fingerprint density at radius 2 is 2.04 bits per heavy atom. The van der Waals surface area contributed by atoms with Crippen LogP contribution in [0.25, 0.3) is 0 Å². The number of carbonyl (C=O) groups is 1. The molecule has 1 unspecified atom stereocenters. The van der Waals surface area contributed by atoms with Gasteiger partial charge in [-0.2, -0.15) is 0 Å². The lowest BCUT2D eigenvalue weighted by atomic mass is 9.88. The van der Waals surface area contributed by atoms with Crippen LogP contribution >= 0.6 is 35.3 Å². The molecule has 1 aromatic carbocycles. The van der Waals surface area contributed by atoms with Crippen LogP contribution in [0.2, 0.25) is 5.02 Å². The van der Waals surface area contributed by atoms with Gasteiger partial charge in [-0.1, -0.05) is 29.8 Å². The quantitative estimate of drug-likeness (QED) is 0.824. The third kappa shape index (κ3) is 3.39. The number of fused-ring (bicyclic) bond motifs is 1. The summed E-state index contributed by atoms with van der Waals surface area (Å²) in [4.78, 5) is 15.2. The normalized spacial score (nSPS) is 16.4. The molecule has 0 bridgehead atoms. The first-order valence-electron chi connectivity index (χ1n) is 6.80. The first-order valence-corrected chi connectivity index (χ1v) is 8.06. The monoisotopic (exact) mass is 374 g/mol. The highest BCUT2D eigenvalue weighted by Crippen LogP contribution is 2.37. The second kappa shape index (κ2) is 7.64. The fourth-order valence-corrected chi connectivity index (χ4v) is 4.10. The van der Waals surface area contributed by atoms with Crippen LogP contribution < -0.4 is 5.11 Å². The van der Waals surface area contributed by atoms with E-state index in [0.717, 1.165) is 6.42 Å². The Labute approximate surface area is 150 Å². The Bertz CT molecular complexity index is 691. The zero-order valence-corrected chi connectivity index (χ0v) is 14.9. The van der Waals surface area contributed by atoms with Crippen molar-refractivity contribution in [2.45, 2.75) is 25.4 Å². The second-order valence-corrected chi connectivity index (χ2v) is 6.79. The third-order valence-corrected chi connectivity index (χ3v) is 5.59. The van der Waals surface area contributed by atoms with Gasteiger partial charge in [0.1, 0.15) is 0 Å². The number of halogens is 2. The number of rotatable bonds is 3. The molecule has 7 heteroatoms. The Morgan fingerprint density at radius 1 is 1.35 bits per heavy atom. The van der Waals surface area contributed by atoms with E-state index in [-0.39, 0.29) is 17.9 Å². The average Bonchev–Trinajstić information content (AvgIpc) is 2.94. The SMILES string of the molecule is CC(C(=O)[O-])(c1ccccc1Cl)N1CCc2sccc2C1.Cl.O. The van der Waals surface area contributed by atoms with Crippen molar-refractivity contribution in [1.29, 1.82) is 0 Å². The number of benzene rings is 1. The van der Waals surface area contributed by atoms with Gasteiger partial charge in [0.25, 0.3) is 0 Å². The van der Waals surface area contributed by atoms with Crippen molar-refractivity contribution in [2.24, 2.45) is 0 Å². The van der Waals surface area contributed by atoms with E-state index in [1.54, 1.807) is 36.5 Å². The van der Waals surface area contributed by atoms with Gasteiger partial charge in [-0.3, -0.25) is 4.90 Å². The minimum Gasteiger partial charge on any atom is -0.548 e. The lowest BCUT2D eigenvalue weighted by Crippen LogP contribution is -2.56. The van der Waals surface area contributed by atoms with E-state index in [0.29, 0.717) is 23.7 Å². The molecule has 23 heavy (non-hydrogen) atoms. The van der Waals surface area contributed by atoms with E-state index >= 15 is 0 Å². The van der Waals surface area contributed by atoms with Gasteiger partial charge in [0.2, 0.25) is 0 Å². The van der Waals surface area contributed by atoms with E-state index in [4.69, 9.17) is 11.6 Å². The van der Waals surface area contributed by atoms with Gasteiger partial charge in [0.05, 0.1) is 11.5 Å². The molecule has 0 fully saturated rings. The molecule has 0 saturated carbocycles. The zero-order valence-electron chi connectivity index (χ0n) is 12.5. The fraction of sp³-hybridized carbons (Fsp3) is 0.312. The minimum absolute atomic E-state index is 0. The van der Waals surface area contributed by atoms with Gasteiger partial charge >= 0.3 is 0 Å². The van der Waals surface area contributed by atoms with Gasteiger partial charge in [-0.05, 0) is 42.0 Å². The molecule has 126 valence electrons. The lowest BCUT2D eigenvalue weighted by molar-refractivity contribution is -0.320. The zero-order chi connectivity index (χ0) is 15.0. The van der Waals surface area contributed by atoms with Crippen LogP contribution in [-0.4, -0.2) is 22.9 Å². The summed E-state index contributed by atoms with van der Waals surface area (Å²) in [6.07, 6.45) is 0.861. The molecule has 4 nitrogen and oxygen atoms in total. The molecule has 1 aliphatic heterocycles. The molecule has 0 aliphatic carbocycles. The summed E-state index contributed by atoms with van der Waals surface area (Å²) in [5.74, 6) is -1.12. The molecule has 2 aromatic rings. The highest BCUT2D eigenvalue weighted by molar-refractivity contribution is 7.10. The first kappa shape index (κ1) is 19.9. The molecule has 0 amide bonds. The number of carboxylic acid groups (broad SMARTS) is 1. The summed E-state index contributed by atoms with van der Waals surface area (Å²) in [5.41, 5.74) is 0.564. The average molecular weight is 375 g/mol. The molecule has 3 rings (SSSR count). The number of carbonyl (C=O) groups excluding carboxylic acids is 1. The lowest BCUT2D eigenvalue weighted by Gasteiger charge is -2.44. The Hall–Kier alpha value is -1.11. The smallest absolute Gasteiger partial charge is 0.0850 e. The van der Waals surface area contributed by atoms with Crippen LogP contribution in [0.1, 0.15) is 22.9 Å². The maximum absolute atomic E-state index is 11.9. The largest absolute Gasteiger partial charge is 0.548 e. The number of hydrogen-bond donors (Lipinski definition) is 0. The topological polar surface area (TPSA) is 74.9 Å². The first-order chi connectivity index (χ1) is 10.0. The molecule has 0 saturated heterocycles. The summed E-state index contributed by atoms with van der Waals surface area (Å²) in [6, 6.07) is 9.16. The van der Waals surface area contributed by atoms with Crippen molar-refractivity contribution >= 4 is 41.3 Å². The number of nitrogens with zero attached hydrogens (tertiary/aromatic N) is 1. The van der Waals surface area contributed by atoms with Gasteiger partial charge in [0, 0.05) is 23.0 Å². The van der Waals surface area contributed by atoms with E-state index < -0.39 is 11.5 Å². The molecule has 0 spiro atoms. The second-order valence-electron chi connectivity index (χ2n) is 5.38. The van der Waals surface area contributed by atoms with E-state index in [1.807, 2.05) is 11.0 Å². The van der Waals surface area contributed by atoms with Crippen LogP contribution in [0.15, 0.2) is 35.7 Å². The molecular weight excluding hydrogens is 357 g/mol. The molecule has 1 atom stereocenters. The summed E-state index contributed by atoms with van der Waals surface area (Å²) in [5, 5.41) is 14.4. The number of thiophene rings is 1. The summed E-state index contributed by atoms with van der Waals surface area (Å²) < 4.78 is 0. The van der Waals surface area contributed by atoms with Gasteiger partial charge in [-0.25, -0.2) is 0 Å². The van der Waals surface area contributed by atoms with Crippen LogP contribution in [0, 0.1) is 0 Å². The summed E-state index contributed by atoms with van der Waals surface area (Å²) in [7, 11) is 0. The van der Waals surface area contributed by atoms with Crippen molar-refractivity contribution < 1.29 is 15.4 Å². The predicted octanol–water partition coefficient (Wildman–Crippen LogP) is 2.02. The summed E-state index contributed by atoms with van der Waals surface area (Å²) in [6.45, 7) is 2.97. The van der Waals surface area contributed by atoms with Crippen molar-refractivity contribution in [3.05, 3.63) is 56.7 Å². The van der Waals surface area contributed by atoms with E-state index in [9.17, 15) is 9.90 Å². The molecule has 2 heterocycles. The van der Waals surface area contributed by atoms with Crippen molar-refractivity contribution in [3.63, 3.8) is 0 Å². The Kier molecular flexibility index (Phi) is 6.62. The highest BCUT2D eigenvalue weighted by atomic mass is 35.5. The summed E-state index contributed by atoms with van der Waals surface area (Å²) >= 11 is 7.96. The van der Waals surface area contributed by atoms with Crippen molar-refractivity contribution in [3.8, 4) is 0 Å². The van der Waals surface area contributed by atoms with Gasteiger partial charge in [0.15, 0.2) is 0 Å². The van der Waals surface area contributed by atoms with E-state index in [1.165, 1.54) is 10.4 Å². The number of aliphatic carboxylic acids is 1. The highest BCUT2D eigenvalue weighted by Gasteiger charge is 2.38. The Morgan fingerprint density at radius 3 is 2.70 bits per heavy atom. The third-order valence-electron chi connectivity index (χ3n) is 4.24. The molecule has 0 radical (unpaired) electrons. The standard InChI is InChI=1S/C16H16ClNO2S.ClH.H2O/c1-16(15(19)20,12-4-2-3-5-13(12)17)18-8-6-14-11(10-18)7-9-21-14;;/h2-5,7,9H,6,8,10H2,1H3,(H,19,20);1H;1H2/p-1. The molecular formula is C16H18Cl2NO3S-. The Balaban J connectivity index is 0.00000132. The predicted molar refractivity (Wildman–Crippen MR) is 93.1 cm³/mol. The van der Waals surface area contributed by atoms with E-state index in [2.05, 4.69) is 11.4 Å². The fourth-order valence-electron chi connectivity index (χ4n) is 2.90. The van der Waals surface area contributed by atoms with Crippen LogP contribution in [0.5, 0.6) is 0 Å². The number of carboxylic acids is 1. The minimum atomic E-state index is -1.22. The van der Waals surface area contributed by atoms with Gasteiger partial charge < -0.3 is 15.4 Å².